The van der Waals surface area contributed by atoms with Crippen LogP contribution in [0.3, 0.4) is 0 Å². The number of benzene rings is 1. The van der Waals surface area contributed by atoms with Crippen LogP contribution in [0.25, 0.3) is 10.2 Å². The highest BCUT2D eigenvalue weighted by molar-refractivity contribution is 7.18. The molecule has 27 heavy (non-hydrogen) atoms. The molecular weight excluding hydrogens is 366 g/mol. The van der Waals surface area contributed by atoms with E-state index in [1.807, 2.05) is 13.8 Å². The van der Waals surface area contributed by atoms with E-state index in [2.05, 4.69) is 15.3 Å². The van der Waals surface area contributed by atoms with Gasteiger partial charge in [-0.15, -0.1) is 11.3 Å². The van der Waals surface area contributed by atoms with Crippen LogP contribution in [0, 0.1) is 13.8 Å². The molecule has 2 aromatic heterocycles. The third kappa shape index (κ3) is 4.11. The molecule has 2 heterocycles. The summed E-state index contributed by atoms with van der Waals surface area (Å²) in [4.78, 5) is 33.6. The lowest BCUT2D eigenvalue weighted by atomic mass is 10.2. The molecule has 3 rings (SSSR count). The van der Waals surface area contributed by atoms with Gasteiger partial charge in [0, 0.05) is 41.6 Å². The summed E-state index contributed by atoms with van der Waals surface area (Å²) in [5, 5.41) is 3.44. The second-order valence-corrected chi connectivity index (χ2v) is 7.33. The third-order valence-electron chi connectivity index (χ3n) is 4.31. The maximum Gasteiger partial charge on any atom is 0.259 e. The molecule has 0 radical (unpaired) electrons. The maximum atomic E-state index is 12.3. The van der Waals surface area contributed by atoms with E-state index >= 15 is 0 Å². The lowest BCUT2D eigenvalue weighted by Crippen LogP contribution is -2.16. The summed E-state index contributed by atoms with van der Waals surface area (Å²) in [5.74, 6) is 1.49. The fourth-order valence-electron chi connectivity index (χ4n) is 2.75. The fraction of sp³-hybridized carbons (Fsp3) is 0.316. The van der Waals surface area contributed by atoms with Gasteiger partial charge in [-0.1, -0.05) is 0 Å². The van der Waals surface area contributed by atoms with E-state index in [4.69, 9.17) is 9.47 Å². The van der Waals surface area contributed by atoms with Crippen LogP contribution in [-0.2, 0) is 11.2 Å². The molecule has 1 aromatic carbocycles. The lowest BCUT2D eigenvalue weighted by molar-refractivity contribution is -0.116. The first-order valence-electron chi connectivity index (χ1n) is 8.43. The van der Waals surface area contributed by atoms with Crippen LogP contribution in [0.4, 0.5) is 5.69 Å². The van der Waals surface area contributed by atoms with Gasteiger partial charge in [-0.25, -0.2) is 4.98 Å². The second kappa shape index (κ2) is 7.79. The summed E-state index contributed by atoms with van der Waals surface area (Å²) in [6.07, 6.45) is 0.533. The fourth-order valence-corrected chi connectivity index (χ4v) is 3.80. The Morgan fingerprint density at radius 3 is 2.48 bits per heavy atom. The van der Waals surface area contributed by atoms with Gasteiger partial charge in [-0.05, 0) is 19.4 Å². The molecule has 0 aliphatic rings. The molecule has 0 atom stereocenters. The smallest absolute Gasteiger partial charge is 0.259 e. The van der Waals surface area contributed by atoms with Crippen molar-refractivity contribution in [2.45, 2.75) is 26.7 Å². The summed E-state index contributed by atoms with van der Waals surface area (Å²) in [5.41, 5.74) is 1.38. The molecule has 7 nitrogen and oxygen atoms in total. The van der Waals surface area contributed by atoms with Crippen molar-refractivity contribution in [3.63, 3.8) is 0 Å². The van der Waals surface area contributed by atoms with E-state index < -0.39 is 0 Å². The number of hydrogen-bond acceptors (Lipinski definition) is 6. The molecule has 0 saturated heterocycles. The monoisotopic (exact) mass is 387 g/mol. The highest BCUT2D eigenvalue weighted by Gasteiger charge is 2.13. The topological polar surface area (TPSA) is 93.3 Å². The minimum atomic E-state index is -0.188. The number of carbonyl (C=O) groups is 1. The van der Waals surface area contributed by atoms with Crippen molar-refractivity contribution in [3.05, 3.63) is 44.8 Å². The number of methoxy groups -OCH3 is 2. The van der Waals surface area contributed by atoms with Gasteiger partial charge in [0.05, 0.1) is 19.6 Å². The Bertz CT molecular complexity index is 1030. The first-order valence-corrected chi connectivity index (χ1v) is 9.24. The summed E-state index contributed by atoms with van der Waals surface area (Å²) in [6, 6.07) is 5.15. The number of nitrogens with zero attached hydrogens (tertiary/aromatic N) is 1. The molecule has 8 heteroatoms. The third-order valence-corrected chi connectivity index (χ3v) is 5.41. The van der Waals surface area contributed by atoms with Crippen LogP contribution in [0.5, 0.6) is 11.5 Å². The average molecular weight is 387 g/mol. The SMILES string of the molecule is COc1cc(NC(=O)CCc2nc3sc(C)c(C)c3c(=O)[nH]2)cc(OC)c1. The van der Waals surface area contributed by atoms with E-state index in [1.54, 1.807) is 32.4 Å². The van der Waals surface area contributed by atoms with E-state index in [0.29, 0.717) is 39.6 Å². The second-order valence-electron chi connectivity index (χ2n) is 6.13. The van der Waals surface area contributed by atoms with Crippen LogP contribution < -0.4 is 20.3 Å². The molecule has 2 N–H and O–H groups in total. The van der Waals surface area contributed by atoms with Gasteiger partial charge in [-0.3, -0.25) is 9.59 Å². The molecule has 0 aliphatic heterocycles. The summed E-state index contributed by atoms with van der Waals surface area (Å²) < 4.78 is 10.4. The Balaban J connectivity index is 1.71. The Morgan fingerprint density at radius 1 is 1.19 bits per heavy atom. The number of carbonyl (C=O) groups excluding carboxylic acids is 1. The number of ether oxygens (including phenoxy) is 2. The molecule has 0 unspecified atom stereocenters. The Morgan fingerprint density at radius 2 is 1.85 bits per heavy atom. The number of aromatic nitrogens is 2. The largest absolute Gasteiger partial charge is 0.497 e. The lowest BCUT2D eigenvalue weighted by Gasteiger charge is -2.09. The number of hydrogen-bond donors (Lipinski definition) is 2. The van der Waals surface area contributed by atoms with Gasteiger partial charge in [0.2, 0.25) is 5.91 Å². The quantitative estimate of drug-likeness (QED) is 0.678. The molecule has 0 fully saturated rings. The Hall–Kier alpha value is -2.87. The molecule has 0 spiro atoms. The van der Waals surface area contributed by atoms with Gasteiger partial charge in [0.1, 0.15) is 22.2 Å². The highest BCUT2D eigenvalue weighted by atomic mass is 32.1. The van der Waals surface area contributed by atoms with E-state index in [-0.39, 0.29) is 17.9 Å². The molecule has 142 valence electrons. The number of rotatable bonds is 6. The first-order chi connectivity index (χ1) is 12.9. The van der Waals surface area contributed by atoms with Gasteiger partial charge in [0.15, 0.2) is 0 Å². The number of aromatic amines is 1. The maximum absolute atomic E-state index is 12.3. The van der Waals surface area contributed by atoms with Crippen molar-refractivity contribution in [1.29, 1.82) is 0 Å². The number of H-pyrrole nitrogens is 1. The Kier molecular flexibility index (Phi) is 5.46. The number of thiophene rings is 1. The number of fused-ring (bicyclic) bond motifs is 1. The summed E-state index contributed by atoms with van der Waals surface area (Å²) >= 11 is 1.49. The molecular formula is C19H21N3O4S. The van der Waals surface area contributed by atoms with Gasteiger partial charge >= 0.3 is 0 Å². The van der Waals surface area contributed by atoms with Gasteiger partial charge in [0.25, 0.3) is 5.56 Å². The normalized spacial score (nSPS) is 10.8. The zero-order valence-corrected chi connectivity index (χ0v) is 16.5. The van der Waals surface area contributed by atoms with Crippen molar-refractivity contribution >= 4 is 33.1 Å². The van der Waals surface area contributed by atoms with Crippen molar-refractivity contribution < 1.29 is 14.3 Å². The van der Waals surface area contributed by atoms with Crippen molar-refractivity contribution in [3.8, 4) is 11.5 Å². The molecule has 3 aromatic rings. The van der Waals surface area contributed by atoms with E-state index in [9.17, 15) is 9.59 Å². The van der Waals surface area contributed by atoms with Crippen LogP contribution in [0.1, 0.15) is 22.7 Å². The number of aryl methyl sites for hydroxylation is 3. The molecule has 0 saturated carbocycles. The number of anilines is 1. The van der Waals surface area contributed by atoms with Crippen LogP contribution >= 0.6 is 11.3 Å². The number of amides is 1. The summed E-state index contributed by atoms with van der Waals surface area (Å²) in [6.45, 7) is 3.89. The van der Waals surface area contributed by atoms with Crippen molar-refractivity contribution in [2.24, 2.45) is 0 Å². The van der Waals surface area contributed by atoms with Crippen LogP contribution in [-0.4, -0.2) is 30.1 Å². The predicted molar refractivity (Wildman–Crippen MR) is 106 cm³/mol. The number of nitrogens with one attached hydrogen (secondary N) is 2. The first kappa shape index (κ1) is 18.9. The minimum Gasteiger partial charge on any atom is -0.497 e. The van der Waals surface area contributed by atoms with Gasteiger partial charge < -0.3 is 19.8 Å². The van der Waals surface area contributed by atoms with Crippen LogP contribution in [0.2, 0.25) is 0 Å². The molecule has 0 aliphatic carbocycles. The minimum absolute atomic E-state index is 0.158. The summed E-state index contributed by atoms with van der Waals surface area (Å²) in [7, 11) is 3.10. The standard InChI is InChI=1S/C19H21N3O4S/c1-10-11(2)27-19-17(10)18(24)21-15(22-19)5-6-16(23)20-12-7-13(25-3)9-14(8-12)26-4/h7-9H,5-6H2,1-4H3,(H,20,23)(H,21,22,24). The average Bonchev–Trinajstić information content (AvgIpc) is 2.94. The highest BCUT2D eigenvalue weighted by Crippen LogP contribution is 2.27. The van der Waals surface area contributed by atoms with Crippen LogP contribution in [0.15, 0.2) is 23.0 Å². The van der Waals surface area contributed by atoms with E-state index in [1.165, 1.54) is 11.3 Å². The van der Waals surface area contributed by atoms with Crippen molar-refractivity contribution in [1.82, 2.24) is 9.97 Å². The molecule has 1 amide bonds. The predicted octanol–water partition coefficient (Wildman–Crippen LogP) is 3.19. The Labute approximate surface area is 160 Å². The van der Waals surface area contributed by atoms with E-state index in [0.717, 1.165) is 10.4 Å². The zero-order chi connectivity index (χ0) is 19.6. The zero-order valence-electron chi connectivity index (χ0n) is 15.6. The van der Waals surface area contributed by atoms with Gasteiger partial charge in [-0.2, -0.15) is 0 Å². The molecule has 0 bridgehead atoms. The van der Waals surface area contributed by atoms with Crippen molar-refractivity contribution in [2.75, 3.05) is 19.5 Å².